The van der Waals surface area contributed by atoms with E-state index in [9.17, 15) is 13.2 Å². The SMILES string of the molecule is CCCCCNS(=O)(=O)c1ccc2c(c1)CCCN2C(=O)c1ccc(C)cc1. The summed E-state index contributed by atoms with van der Waals surface area (Å²) < 4.78 is 27.8. The van der Waals surface area contributed by atoms with Crippen molar-refractivity contribution in [1.29, 1.82) is 0 Å². The summed E-state index contributed by atoms with van der Waals surface area (Å²) in [5.74, 6) is -0.0470. The fourth-order valence-electron chi connectivity index (χ4n) is 3.47. The lowest BCUT2D eigenvalue weighted by Gasteiger charge is -2.30. The first-order valence-electron chi connectivity index (χ1n) is 9.93. The van der Waals surface area contributed by atoms with Crippen LogP contribution in [0.25, 0.3) is 0 Å². The number of sulfonamides is 1. The molecule has 0 spiro atoms. The highest BCUT2D eigenvalue weighted by molar-refractivity contribution is 7.89. The molecule has 1 aliphatic heterocycles. The molecule has 150 valence electrons. The van der Waals surface area contributed by atoms with Gasteiger partial charge >= 0.3 is 0 Å². The minimum absolute atomic E-state index is 0.0470. The Balaban J connectivity index is 1.81. The molecule has 2 aromatic carbocycles. The van der Waals surface area contributed by atoms with Gasteiger partial charge in [0.15, 0.2) is 0 Å². The molecule has 1 aliphatic rings. The van der Waals surface area contributed by atoms with Gasteiger partial charge in [0, 0.05) is 24.3 Å². The second-order valence-corrected chi connectivity index (χ2v) is 9.09. The number of benzene rings is 2. The summed E-state index contributed by atoms with van der Waals surface area (Å²) in [6.45, 7) is 5.16. The first kappa shape index (κ1) is 20.6. The molecule has 0 bridgehead atoms. The number of nitrogens with one attached hydrogen (secondary N) is 1. The fourth-order valence-corrected chi connectivity index (χ4v) is 4.59. The standard InChI is InChI=1S/C22H28N2O3S/c1-3-4-5-14-23-28(26,27)20-12-13-21-19(16-20)7-6-15-24(21)22(25)18-10-8-17(2)9-11-18/h8-13,16,23H,3-7,14-15H2,1-2H3. The summed E-state index contributed by atoms with van der Waals surface area (Å²) in [7, 11) is -3.52. The first-order chi connectivity index (χ1) is 13.4. The van der Waals surface area contributed by atoms with Crippen molar-refractivity contribution in [2.24, 2.45) is 0 Å². The van der Waals surface area contributed by atoms with Crippen LogP contribution in [-0.2, 0) is 16.4 Å². The van der Waals surface area contributed by atoms with E-state index in [1.165, 1.54) is 0 Å². The van der Waals surface area contributed by atoms with Crippen molar-refractivity contribution in [3.63, 3.8) is 0 Å². The number of carbonyl (C=O) groups is 1. The zero-order valence-corrected chi connectivity index (χ0v) is 17.4. The lowest BCUT2D eigenvalue weighted by atomic mass is 10.0. The average molecular weight is 401 g/mol. The molecule has 0 unspecified atom stereocenters. The van der Waals surface area contributed by atoms with Crippen LogP contribution >= 0.6 is 0 Å². The molecule has 0 aliphatic carbocycles. The predicted molar refractivity (Wildman–Crippen MR) is 112 cm³/mol. The molecule has 3 rings (SSSR count). The van der Waals surface area contributed by atoms with Crippen LogP contribution < -0.4 is 9.62 Å². The summed E-state index contributed by atoms with van der Waals surface area (Å²) in [4.78, 5) is 15.0. The number of rotatable bonds is 7. The number of aryl methyl sites for hydroxylation is 2. The number of hydrogen-bond acceptors (Lipinski definition) is 3. The molecular formula is C22H28N2O3S. The second-order valence-electron chi connectivity index (χ2n) is 7.32. The molecule has 1 N–H and O–H groups in total. The van der Waals surface area contributed by atoms with Gasteiger partial charge in [0.1, 0.15) is 0 Å². The van der Waals surface area contributed by atoms with Gasteiger partial charge in [-0.05, 0) is 62.1 Å². The third-order valence-electron chi connectivity index (χ3n) is 5.10. The van der Waals surface area contributed by atoms with Crippen LogP contribution in [-0.4, -0.2) is 27.4 Å². The zero-order valence-electron chi connectivity index (χ0n) is 16.6. The Kier molecular flexibility index (Phi) is 6.52. The van der Waals surface area contributed by atoms with E-state index in [4.69, 9.17) is 0 Å². The van der Waals surface area contributed by atoms with Gasteiger partial charge in [-0.25, -0.2) is 13.1 Å². The summed E-state index contributed by atoms with van der Waals surface area (Å²) in [5.41, 5.74) is 3.47. The Morgan fingerprint density at radius 3 is 2.57 bits per heavy atom. The minimum Gasteiger partial charge on any atom is -0.308 e. The summed E-state index contributed by atoms with van der Waals surface area (Å²) >= 11 is 0. The maximum Gasteiger partial charge on any atom is 0.258 e. The molecule has 1 heterocycles. The topological polar surface area (TPSA) is 66.5 Å². The van der Waals surface area contributed by atoms with Gasteiger partial charge in [0.25, 0.3) is 5.91 Å². The van der Waals surface area contributed by atoms with Gasteiger partial charge in [-0.1, -0.05) is 37.5 Å². The van der Waals surface area contributed by atoms with Crippen LogP contribution in [0.15, 0.2) is 47.4 Å². The fraction of sp³-hybridized carbons (Fsp3) is 0.409. The summed E-state index contributed by atoms with van der Waals surface area (Å²) in [6, 6.07) is 12.6. The quantitative estimate of drug-likeness (QED) is 0.713. The second kappa shape index (κ2) is 8.88. The molecule has 6 heteroatoms. The average Bonchev–Trinajstić information content (AvgIpc) is 2.70. The number of nitrogens with zero attached hydrogens (tertiary/aromatic N) is 1. The third-order valence-corrected chi connectivity index (χ3v) is 6.55. The molecule has 0 aromatic heterocycles. The highest BCUT2D eigenvalue weighted by Crippen LogP contribution is 2.30. The third kappa shape index (κ3) is 4.62. The Bertz CT molecular complexity index is 937. The monoisotopic (exact) mass is 400 g/mol. The normalized spacial score (nSPS) is 14.0. The Labute approximate surface area is 167 Å². The van der Waals surface area contributed by atoms with E-state index >= 15 is 0 Å². The highest BCUT2D eigenvalue weighted by Gasteiger charge is 2.25. The van der Waals surface area contributed by atoms with Gasteiger partial charge in [0.05, 0.1) is 4.90 Å². The van der Waals surface area contributed by atoms with Crippen LogP contribution in [0, 0.1) is 6.92 Å². The van der Waals surface area contributed by atoms with E-state index in [2.05, 4.69) is 11.6 Å². The van der Waals surface area contributed by atoms with E-state index < -0.39 is 10.0 Å². The predicted octanol–water partition coefficient (Wildman–Crippen LogP) is 4.06. The minimum atomic E-state index is -3.52. The lowest BCUT2D eigenvalue weighted by molar-refractivity contribution is 0.0985. The molecule has 2 aromatic rings. The van der Waals surface area contributed by atoms with Crippen molar-refractivity contribution in [1.82, 2.24) is 4.72 Å². The molecule has 0 atom stereocenters. The first-order valence-corrected chi connectivity index (χ1v) is 11.4. The van der Waals surface area contributed by atoms with Crippen molar-refractivity contribution in [3.05, 3.63) is 59.2 Å². The number of unbranched alkanes of at least 4 members (excludes halogenated alkanes) is 2. The van der Waals surface area contributed by atoms with E-state index in [1.807, 2.05) is 31.2 Å². The van der Waals surface area contributed by atoms with Gasteiger partial charge in [-0.3, -0.25) is 4.79 Å². The van der Waals surface area contributed by atoms with Gasteiger partial charge in [-0.2, -0.15) is 0 Å². The summed E-state index contributed by atoms with van der Waals surface area (Å²) in [5, 5.41) is 0. The van der Waals surface area contributed by atoms with Crippen LogP contribution in [0.1, 0.15) is 54.1 Å². The van der Waals surface area contributed by atoms with Crippen molar-refractivity contribution in [2.75, 3.05) is 18.0 Å². The van der Waals surface area contributed by atoms with E-state index in [1.54, 1.807) is 23.1 Å². The number of fused-ring (bicyclic) bond motifs is 1. The van der Waals surface area contributed by atoms with Crippen LogP contribution in [0.3, 0.4) is 0 Å². The van der Waals surface area contributed by atoms with Crippen LogP contribution in [0.5, 0.6) is 0 Å². The Morgan fingerprint density at radius 2 is 1.86 bits per heavy atom. The molecular weight excluding hydrogens is 372 g/mol. The largest absolute Gasteiger partial charge is 0.308 e. The number of carbonyl (C=O) groups excluding carboxylic acids is 1. The maximum atomic E-state index is 13.0. The molecule has 28 heavy (non-hydrogen) atoms. The Hall–Kier alpha value is -2.18. The van der Waals surface area contributed by atoms with Gasteiger partial charge < -0.3 is 4.90 Å². The number of hydrogen-bond donors (Lipinski definition) is 1. The van der Waals surface area contributed by atoms with Crippen molar-refractivity contribution >= 4 is 21.6 Å². The Morgan fingerprint density at radius 1 is 1.11 bits per heavy atom. The zero-order chi connectivity index (χ0) is 20.1. The van der Waals surface area contributed by atoms with Gasteiger partial charge in [0.2, 0.25) is 10.0 Å². The maximum absolute atomic E-state index is 13.0. The van der Waals surface area contributed by atoms with E-state index in [0.717, 1.165) is 48.9 Å². The van der Waals surface area contributed by atoms with Crippen LogP contribution in [0.4, 0.5) is 5.69 Å². The summed E-state index contributed by atoms with van der Waals surface area (Å²) in [6.07, 6.45) is 4.47. The van der Waals surface area contributed by atoms with Gasteiger partial charge in [-0.15, -0.1) is 0 Å². The van der Waals surface area contributed by atoms with Crippen molar-refractivity contribution < 1.29 is 13.2 Å². The number of amides is 1. The molecule has 0 fully saturated rings. The van der Waals surface area contributed by atoms with Crippen molar-refractivity contribution in [3.8, 4) is 0 Å². The highest BCUT2D eigenvalue weighted by atomic mass is 32.2. The number of anilines is 1. The molecule has 0 saturated heterocycles. The van der Waals surface area contributed by atoms with E-state index in [0.29, 0.717) is 18.7 Å². The molecule has 5 nitrogen and oxygen atoms in total. The van der Waals surface area contributed by atoms with Crippen LogP contribution in [0.2, 0.25) is 0 Å². The smallest absolute Gasteiger partial charge is 0.258 e. The molecule has 0 radical (unpaired) electrons. The lowest BCUT2D eigenvalue weighted by Crippen LogP contribution is -2.35. The van der Waals surface area contributed by atoms with Crippen molar-refractivity contribution in [2.45, 2.75) is 50.8 Å². The molecule has 0 saturated carbocycles. The molecule has 1 amide bonds. The van der Waals surface area contributed by atoms with E-state index in [-0.39, 0.29) is 10.8 Å².